The van der Waals surface area contributed by atoms with Gasteiger partial charge in [-0.1, -0.05) is 19.1 Å². The maximum Gasteiger partial charge on any atom is 0.146 e. The van der Waals surface area contributed by atoms with E-state index in [1.165, 1.54) is 12.8 Å². The van der Waals surface area contributed by atoms with Crippen molar-refractivity contribution >= 4 is 5.69 Å². The monoisotopic (exact) mass is 278 g/mol. The number of anilines is 1. The van der Waals surface area contributed by atoms with Crippen LogP contribution in [0.1, 0.15) is 51.6 Å². The number of nitrogens with zero attached hydrogens (tertiary/aromatic N) is 1. The van der Waals surface area contributed by atoms with Crippen molar-refractivity contribution in [3.05, 3.63) is 29.6 Å². The van der Waals surface area contributed by atoms with Gasteiger partial charge in [-0.25, -0.2) is 4.39 Å². The summed E-state index contributed by atoms with van der Waals surface area (Å²) in [7, 11) is 2.03. The Labute approximate surface area is 122 Å². The molecule has 3 heteroatoms. The third kappa shape index (κ3) is 3.32. The highest BCUT2D eigenvalue weighted by Gasteiger charge is 2.32. The number of nitrogens with one attached hydrogen (secondary N) is 1. The molecule has 112 valence electrons. The first-order valence-corrected chi connectivity index (χ1v) is 7.80. The molecule has 1 aromatic carbocycles. The van der Waals surface area contributed by atoms with E-state index in [1.807, 2.05) is 19.2 Å². The average Bonchev–Trinajstić information content (AvgIpc) is 3.27. The van der Waals surface area contributed by atoms with E-state index in [2.05, 4.69) is 31.0 Å². The Kier molecular flexibility index (Phi) is 5.03. The Morgan fingerprint density at radius 3 is 2.65 bits per heavy atom. The van der Waals surface area contributed by atoms with Gasteiger partial charge < -0.3 is 10.2 Å². The number of hydrogen-bond donors (Lipinski definition) is 1. The zero-order chi connectivity index (χ0) is 14.7. The molecule has 1 N–H and O–H groups in total. The number of hydrogen-bond acceptors (Lipinski definition) is 2. The Hall–Kier alpha value is -1.09. The third-order valence-electron chi connectivity index (χ3n) is 4.45. The van der Waals surface area contributed by atoms with Crippen LogP contribution in [0.15, 0.2) is 18.2 Å². The SMILES string of the molecule is CCCNC(C)c1cccc(F)c1N(C)C(C)C1CC1. The molecule has 1 aliphatic carbocycles. The minimum absolute atomic E-state index is 0.109. The first-order chi connectivity index (χ1) is 9.56. The Balaban J connectivity index is 2.25. The van der Waals surface area contributed by atoms with Crippen molar-refractivity contribution < 1.29 is 4.39 Å². The maximum atomic E-state index is 14.4. The molecule has 1 saturated carbocycles. The number of rotatable bonds is 7. The lowest BCUT2D eigenvalue weighted by molar-refractivity contribution is 0.544. The third-order valence-corrected chi connectivity index (χ3v) is 4.45. The molecule has 0 spiro atoms. The van der Waals surface area contributed by atoms with Gasteiger partial charge in [0.05, 0.1) is 5.69 Å². The first kappa shape index (κ1) is 15.3. The second kappa shape index (κ2) is 6.57. The van der Waals surface area contributed by atoms with Gasteiger partial charge in [0.2, 0.25) is 0 Å². The Morgan fingerprint density at radius 1 is 1.35 bits per heavy atom. The summed E-state index contributed by atoms with van der Waals surface area (Å²) in [5.74, 6) is 0.619. The molecule has 2 unspecified atom stereocenters. The van der Waals surface area contributed by atoms with Crippen LogP contribution in [0.2, 0.25) is 0 Å². The van der Waals surface area contributed by atoms with Gasteiger partial charge in [0, 0.05) is 19.1 Å². The van der Waals surface area contributed by atoms with E-state index in [-0.39, 0.29) is 11.9 Å². The van der Waals surface area contributed by atoms with Gasteiger partial charge in [-0.2, -0.15) is 0 Å². The molecule has 20 heavy (non-hydrogen) atoms. The number of para-hydroxylation sites is 1. The lowest BCUT2D eigenvalue weighted by Gasteiger charge is -2.31. The maximum absolute atomic E-state index is 14.4. The molecule has 1 fully saturated rings. The highest BCUT2D eigenvalue weighted by Crippen LogP contribution is 2.38. The predicted molar refractivity (Wildman–Crippen MR) is 83.7 cm³/mol. The normalized spacial score (nSPS) is 17.9. The molecule has 0 radical (unpaired) electrons. The number of benzene rings is 1. The van der Waals surface area contributed by atoms with Gasteiger partial charge in [0.25, 0.3) is 0 Å². The summed E-state index contributed by atoms with van der Waals surface area (Å²) in [4.78, 5) is 2.13. The molecule has 0 bridgehead atoms. The molecule has 2 nitrogen and oxygen atoms in total. The van der Waals surface area contributed by atoms with Crippen LogP contribution in [0.3, 0.4) is 0 Å². The van der Waals surface area contributed by atoms with Gasteiger partial charge >= 0.3 is 0 Å². The van der Waals surface area contributed by atoms with Gasteiger partial charge in [-0.05, 0) is 57.2 Å². The fraction of sp³-hybridized carbons (Fsp3) is 0.647. The van der Waals surface area contributed by atoms with E-state index in [0.29, 0.717) is 6.04 Å². The predicted octanol–water partition coefficient (Wildman–Crippen LogP) is 4.12. The summed E-state index contributed by atoms with van der Waals surface area (Å²) < 4.78 is 14.4. The summed E-state index contributed by atoms with van der Waals surface area (Å²) in [6, 6.07) is 6.01. The van der Waals surface area contributed by atoms with Crippen molar-refractivity contribution in [2.75, 3.05) is 18.5 Å². The van der Waals surface area contributed by atoms with Crippen LogP contribution in [0, 0.1) is 11.7 Å². The topological polar surface area (TPSA) is 15.3 Å². The smallest absolute Gasteiger partial charge is 0.146 e. The lowest BCUT2D eigenvalue weighted by atomic mass is 10.0. The fourth-order valence-corrected chi connectivity index (χ4v) is 2.82. The van der Waals surface area contributed by atoms with Crippen LogP contribution < -0.4 is 10.2 Å². The van der Waals surface area contributed by atoms with E-state index in [0.717, 1.165) is 30.1 Å². The molecule has 1 aromatic rings. The summed E-state index contributed by atoms with van der Waals surface area (Å²) in [6.07, 6.45) is 3.64. The second-order valence-corrected chi connectivity index (χ2v) is 6.04. The molecule has 1 aliphatic rings. The van der Waals surface area contributed by atoms with Crippen LogP contribution >= 0.6 is 0 Å². The van der Waals surface area contributed by atoms with Gasteiger partial charge in [0.1, 0.15) is 5.82 Å². The number of halogens is 1. The standard InChI is InChI=1S/C17H27FN2/c1-5-11-19-12(2)15-7-6-8-16(18)17(15)20(4)13(3)14-9-10-14/h6-8,12-14,19H,5,9-11H2,1-4H3. The van der Waals surface area contributed by atoms with Crippen LogP contribution in [-0.4, -0.2) is 19.6 Å². The van der Waals surface area contributed by atoms with Crippen molar-refractivity contribution in [1.82, 2.24) is 5.32 Å². The average molecular weight is 278 g/mol. The molecule has 0 amide bonds. The molecule has 0 heterocycles. The summed E-state index contributed by atoms with van der Waals surface area (Å²) in [5.41, 5.74) is 1.83. The molecule has 0 saturated heterocycles. The van der Waals surface area contributed by atoms with Crippen LogP contribution in [0.5, 0.6) is 0 Å². The molecule has 0 aliphatic heterocycles. The van der Waals surface area contributed by atoms with Crippen molar-refractivity contribution in [1.29, 1.82) is 0 Å². The molecule has 2 atom stereocenters. The lowest BCUT2D eigenvalue weighted by Crippen LogP contribution is -2.33. The summed E-state index contributed by atoms with van der Waals surface area (Å²) in [6.45, 7) is 7.42. The van der Waals surface area contributed by atoms with Crippen LogP contribution in [0.4, 0.5) is 10.1 Å². The van der Waals surface area contributed by atoms with Crippen molar-refractivity contribution in [3.63, 3.8) is 0 Å². The van der Waals surface area contributed by atoms with Crippen molar-refractivity contribution in [3.8, 4) is 0 Å². The van der Waals surface area contributed by atoms with Crippen molar-refractivity contribution in [2.24, 2.45) is 5.92 Å². The fourth-order valence-electron chi connectivity index (χ4n) is 2.82. The Morgan fingerprint density at radius 2 is 2.05 bits per heavy atom. The molecule has 0 aromatic heterocycles. The minimum atomic E-state index is -0.109. The largest absolute Gasteiger partial charge is 0.369 e. The highest BCUT2D eigenvalue weighted by molar-refractivity contribution is 5.56. The quantitative estimate of drug-likeness (QED) is 0.807. The summed E-state index contributed by atoms with van der Waals surface area (Å²) in [5, 5.41) is 3.46. The molecule has 2 rings (SSSR count). The van der Waals surface area contributed by atoms with Gasteiger partial charge in [0.15, 0.2) is 0 Å². The van der Waals surface area contributed by atoms with E-state index < -0.39 is 0 Å². The van der Waals surface area contributed by atoms with E-state index >= 15 is 0 Å². The van der Waals surface area contributed by atoms with E-state index in [4.69, 9.17) is 0 Å². The summed E-state index contributed by atoms with van der Waals surface area (Å²) >= 11 is 0. The van der Waals surface area contributed by atoms with Crippen molar-refractivity contribution in [2.45, 2.75) is 52.1 Å². The van der Waals surface area contributed by atoms with Gasteiger partial charge in [-0.3, -0.25) is 0 Å². The van der Waals surface area contributed by atoms with Gasteiger partial charge in [-0.15, -0.1) is 0 Å². The van der Waals surface area contributed by atoms with Crippen LogP contribution in [-0.2, 0) is 0 Å². The zero-order valence-corrected chi connectivity index (χ0v) is 13.1. The van der Waals surface area contributed by atoms with Crippen LogP contribution in [0.25, 0.3) is 0 Å². The molecular formula is C17H27FN2. The van der Waals surface area contributed by atoms with E-state index in [1.54, 1.807) is 6.07 Å². The molecular weight excluding hydrogens is 251 g/mol. The minimum Gasteiger partial charge on any atom is -0.369 e. The second-order valence-electron chi connectivity index (χ2n) is 6.04. The zero-order valence-electron chi connectivity index (χ0n) is 13.1. The Bertz CT molecular complexity index is 443. The first-order valence-electron chi connectivity index (χ1n) is 7.80. The highest BCUT2D eigenvalue weighted by atomic mass is 19.1. The van der Waals surface area contributed by atoms with E-state index in [9.17, 15) is 4.39 Å².